The van der Waals surface area contributed by atoms with Crippen LogP contribution in [0.2, 0.25) is 0 Å². The Labute approximate surface area is 125 Å². The monoisotopic (exact) mass is 290 g/mol. The molecule has 0 radical (unpaired) electrons. The van der Waals surface area contributed by atoms with Gasteiger partial charge in [0.25, 0.3) is 0 Å². The molecule has 0 spiro atoms. The molecule has 0 aliphatic carbocycles. The number of halogens is 1. The van der Waals surface area contributed by atoms with E-state index in [1.54, 1.807) is 0 Å². The Kier molecular flexibility index (Phi) is 4.95. The van der Waals surface area contributed by atoms with Crippen molar-refractivity contribution in [3.8, 4) is 0 Å². The van der Waals surface area contributed by atoms with Crippen molar-refractivity contribution in [3.63, 3.8) is 0 Å². The molecule has 100 valence electrons. The highest BCUT2D eigenvalue weighted by molar-refractivity contribution is 7.98. The third kappa shape index (κ3) is 3.77. The third-order valence-electron chi connectivity index (χ3n) is 3.30. The Hall–Kier alpha value is -0.920. The summed E-state index contributed by atoms with van der Waals surface area (Å²) in [6, 6.07) is 13.0. The lowest BCUT2D eigenvalue weighted by Crippen LogP contribution is -1.93. The Morgan fingerprint density at radius 3 is 2.05 bits per heavy atom. The summed E-state index contributed by atoms with van der Waals surface area (Å²) < 4.78 is 0. The maximum Gasteiger partial charge on any atom is 0.0474 e. The van der Waals surface area contributed by atoms with E-state index in [0.29, 0.717) is 5.88 Å². The van der Waals surface area contributed by atoms with Crippen molar-refractivity contribution in [2.45, 2.75) is 37.3 Å². The average Bonchev–Trinajstić information content (AvgIpc) is 2.38. The van der Waals surface area contributed by atoms with Crippen LogP contribution in [0.15, 0.2) is 41.3 Å². The van der Waals surface area contributed by atoms with Gasteiger partial charge in [-0.25, -0.2) is 0 Å². The van der Waals surface area contributed by atoms with Gasteiger partial charge in [0, 0.05) is 16.5 Å². The lowest BCUT2D eigenvalue weighted by Gasteiger charge is -2.11. The minimum atomic E-state index is 0.584. The number of aryl methyl sites for hydroxylation is 3. The molecule has 0 aliphatic rings. The van der Waals surface area contributed by atoms with E-state index in [1.165, 1.54) is 32.7 Å². The normalized spacial score (nSPS) is 10.7. The van der Waals surface area contributed by atoms with Gasteiger partial charge >= 0.3 is 0 Å². The van der Waals surface area contributed by atoms with Gasteiger partial charge < -0.3 is 0 Å². The lowest BCUT2D eigenvalue weighted by molar-refractivity contribution is 1.21. The summed E-state index contributed by atoms with van der Waals surface area (Å²) in [7, 11) is 0. The maximum absolute atomic E-state index is 5.80. The van der Waals surface area contributed by atoms with Crippen LogP contribution in [0.25, 0.3) is 0 Å². The first-order valence-electron chi connectivity index (χ1n) is 6.44. The van der Waals surface area contributed by atoms with Crippen LogP contribution in [0.5, 0.6) is 0 Å². The van der Waals surface area contributed by atoms with Crippen LogP contribution >= 0.6 is 23.4 Å². The largest absolute Gasteiger partial charge is 0.122 e. The summed E-state index contributed by atoms with van der Waals surface area (Å²) in [5.41, 5.74) is 6.76. The SMILES string of the molecule is Cc1cc(C)c(CSc2ccc(CCl)cc2)c(C)c1. The quantitative estimate of drug-likeness (QED) is 0.518. The molecular formula is C17H19ClS. The van der Waals surface area contributed by atoms with E-state index in [-0.39, 0.29) is 0 Å². The summed E-state index contributed by atoms with van der Waals surface area (Å²) in [4.78, 5) is 1.30. The zero-order valence-electron chi connectivity index (χ0n) is 11.7. The molecule has 0 heterocycles. The highest BCUT2D eigenvalue weighted by Gasteiger charge is 2.04. The highest BCUT2D eigenvalue weighted by atomic mass is 35.5. The van der Waals surface area contributed by atoms with Crippen LogP contribution in [0.1, 0.15) is 27.8 Å². The molecule has 0 fully saturated rings. The molecule has 0 unspecified atom stereocenters. The van der Waals surface area contributed by atoms with Crippen molar-refractivity contribution in [2.24, 2.45) is 0 Å². The van der Waals surface area contributed by atoms with E-state index in [1.807, 2.05) is 11.8 Å². The first-order chi connectivity index (χ1) is 9.10. The van der Waals surface area contributed by atoms with Gasteiger partial charge in [0.2, 0.25) is 0 Å². The predicted octanol–water partition coefficient (Wildman–Crippen LogP) is 5.64. The summed E-state index contributed by atoms with van der Waals surface area (Å²) in [5.74, 6) is 1.61. The van der Waals surface area contributed by atoms with Gasteiger partial charge in [-0.1, -0.05) is 29.8 Å². The van der Waals surface area contributed by atoms with E-state index in [9.17, 15) is 0 Å². The minimum Gasteiger partial charge on any atom is -0.122 e. The minimum absolute atomic E-state index is 0.584. The van der Waals surface area contributed by atoms with E-state index in [0.717, 1.165) is 5.75 Å². The maximum atomic E-state index is 5.80. The molecule has 0 amide bonds. The molecule has 2 aromatic carbocycles. The molecule has 2 heteroatoms. The first-order valence-corrected chi connectivity index (χ1v) is 7.96. The van der Waals surface area contributed by atoms with Gasteiger partial charge in [-0.15, -0.1) is 23.4 Å². The molecular weight excluding hydrogens is 272 g/mol. The second-order valence-electron chi connectivity index (χ2n) is 4.94. The van der Waals surface area contributed by atoms with Crippen molar-refractivity contribution in [1.82, 2.24) is 0 Å². The number of benzene rings is 2. The predicted molar refractivity (Wildman–Crippen MR) is 86.2 cm³/mol. The van der Waals surface area contributed by atoms with Crippen LogP contribution in [-0.4, -0.2) is 0 Å². The Bertz CT molecular complexity index is 535. The van der Waals surface area contributed by atoms with Gasteiger partial charge in [0.05, 0.1) is 0 Å². The molecule has 0 atom stereocenters. The van der Waals surface area contributed by atoms with Gasteiger partial charge in [-0.2, -0.15) is 0 Å². The number of thioether (sulfide) groups is 1. The Balaban J connectivity index is 2.10. The lowest BCUT2D eigenvalue weighted by atomic mass is 10.0. The molecule has 0 N–H and O–H groups in total. The standard InChI is InChI=1S/C17H19ClS/c1-12-8-13(2)17(14(3)9-12)11-19-16-6-4-15(10-18)5-7-16/h4-9H,10-11H2,1-3H3. The van der Waals surface area contributed by atoms with E-state index in [4.69, 9.17) is 11.6 Å². The summed E-state index contributed by atoms with van der Waals surface area (Å²) in [6.07, 6.45) is 0. The zero-order chi connectivity index (χ0) is 13.8. The number of rotatable bonds is 4. The molecule has 19 heavy (non-hydrogen) atoms. The highest BCUT2D eigenvalue weighted by Crippen LogP contribution is 2.27. The van der Waals surface area contributed by atoms with E-state index < -0.39 is 0 Å². The molecule has 0 saturated heterocycles. The van der Waals surface area contributed by atoms with Crippen molar-refractivity contribution < 1.29 is 0 Å². The van der Waals surface area contributed by atoms with Crippen LogP contribution < -0.4 is 0 Å². The summed E-state index contributed by atoms with van der Waals surface area (Å²) >= 11 is 7.69. The van der Waals surface area contributed by atoms with Crippen molar-refractivity contribution in [2.75, 3.05) is 0 Å². The van der Waals surface area contributed by atoms with Gasteiger partial charge in [0.1, 0.15) is 0 Å². The van der Waals surface area contributed by atoms with Gasteiger partial charge in [-0.3, -0.25) is 0 Å². The summed E-state index contributed by atoms with van der Waals surface area (Å²) in [5, 5.41) is 0. The second kappa shape index (κ2) is 6.49. The van der Waals surface area contributed by atoms with Gasteiger partial charge in [0.15, 0.2) is 0 Å². The van der Waals surface area contributed by atoms with E-state index in [2.05, 4.69) is 57.2 Å². The van der Waals surface area contributed by atoms with Crippen LogP contribution in [-0.2, 0) is 11.6 Å². The number of hydrogen-bond donors (Lipinski definition) is 0. The third-order valence-corrected chi connectivity index (χ3v) is 4.65. The molecule has 0 nitrogen and oxygen atoms in total. The fourth-order valence-electron chi connectivity index (χ4n) is 2.27. The molecule has 0 aliphatic heterocycles. The second-order valence-corrected chi connectivity index (χ2v) is 6.26. The first kappa shape index (κ1) is 14.5. The van der Waals surface area contributed by atoms with Crippen LogP contribution in [0, 0.1) is 20.8 Å². The Morgan fingerprint density at radius 2 is 1.53 bits per heavy atom. The van der Waals surface area contributed by atoms with E-state index >= 15 is 0 Å². The number of hydrogen-bond acceptors (Lipinski definition) is 1. The van der Waals surface area contributed by atoms with Crippen LogP contribution in [0.4, 0.5) is 0 Å². The topological polar surface area (TPSA) is 0 Å². The zero-order valence-corrected chi connectivity index (χ0v) is 13.2. The summed E-state index contributed by atoms with van der Waals surface area (Å²) in [6.45, 7) is 6.56. The fraction of sp³-hybridized carbons (Fsp3) is 0.294. The molecule has 0 bridgehead atoms. The number of alkyl halides is 1. The van der Waals surface area contributed by atoms with Crippen molar-refractivity contribution in [3.05, 3.63) is 64.2 Å². The molecule has 2 aromatic rings. The molecule has 2 rings (SSSR count). The van der Waals surface area contributed by atoms with Crippen molar-refractivity contribution >= 4 is 23.4 Å². The smallest absolute Gasteiger partial charge is 0.0474 e. The Morgan fingerprint density at radius 1 is 0.947 bits per heavy atom. The molecule has 0 aromatic heterocycles. The fourth-order valence-corrected chi connectivity index (χ4v) is 3.54. The van der Waals surface area contributed by atoms with Crippen molar-refractivity contribution in [1.29, 1.82) is 0 Å². The molecule has 0 saturated carbocycles. The van der Waals surface area contributed by atoms with Crippen LogP contribution in [0.3, 0.4) is 0 Å². The average molecular weight is 291 g/mol. The van der Waals surface area contributed by atoms with Gasteiger partial charge in [-0.05, 0) is 55.2 Å².